The molecule has 0 saturated heterocycles. The third-order valence-electron chi connectivity index (χ3n) is 3.39. The van der Waals surface area contributed by atoms with Crippen LogP contribution in [0.4, 0.5) is 0 Å². The van der Waals surface area contributed by atoms with Crippen LogP contribution in [-0.4, -0.2) is 23.6 Å². The summed E-state index contributed by atoms with van der Waals surface area (Å²) in [6, 6.07) is 8.00. The first-order chi connectivity index (χ1) is 10.1. The molecule has 0 aliphatic heterocycles. The number of halogens is 1. The van der Waals surface area contributed by atoms with Gasteiger partial charge in [0, 0.05) is 29.2 Å². The van der Waals surface area contributed by atoms with Gasteiger partial charge in [0.1, 0.15) is 6.33 Å². The van der Waals surface area contributed by atoms with Crippen LogP contribution in [0, 0.1) is 6.92 Å². The summed E-state index contributed by atoms with van der Waals surface area (Å²) >= 11 is 6.14. The lowest BCUT2D eigenvalue weighted by atomic mass is 9.97. The van der Waals surface area contributed by atoms with E-state index in [1.807, 2.05) is 24.3 Å². The van der Waals surface area contributed by atoms with Crippen LogP contribution < -0.4 is 10.1 Å². The molecule has 1 N–H and O–H groups in total. The van der Waals surface area contributed by atoms with Gasteiger partial charge in [0.05, 0.1) is 7.11 Å². The Bertz CT molecular complexity index is 604. The van der Waals surface area contributed by atoms with Crippen molar-refractivity contribution >= 4 is 11.6 Å². The first-order valence-electron chi connectivity index (χ1n) is 6.98. The van der Waals surface area contributed by atoms with Crippen molar-refractivity contribution in [3.05, 3.63) is 52.4 Å². The van der Waals surface area contributed by atoms with E-state index < -0.39 is 0 Å². The molecular formula is C16H20ClN3O. The smallest absolute Gasteiger partial charge is 0.216 e. The highest BCUT2D eigenvalue weighted by atomic mass is 35.5. The Morgan fingerprint density at radius 3 is 2.81 bits per heavy atom. The van der Waals surface area contributed by atoms with E-state index in [2.05, 4.69) is 29.1 Å². The van der Waals surface area contributed by atoms with E-state index in [1.54, 1.807) is 7.11 Å². The molecule has 0 aliphatic rings. The fourth-order valence-corrected chi connectivity index (χ4v) is 2.52. The number of nitrogens with one attached hydrogen (secondary N) is 1. The number of likely N-dealkylation sites (N-methyl/N-ethyl adjacent to an activating group) is 1. The van der Waals surface area contributed by atoms with Crippen LogP contribution in [-0.2, 0) is 6.42 Å². The zero-order valence-corrected chi connectivity index (χ0v) is 13.3. The van der Waals surface area contributed by atoms with E-state index in [0.29, 0.717) is 5.88 Å². The molecule has 2 rings (SSSR count). The molecule has 1 aromatic heterocycles. The van der Waals surface area contributed by atoms with Crippen LogP contribution in [0.25, 0.3) is 0 Å². The third-order valence-corrected chi connectivity index (χ3v) is 3.62. The first-order valence-corrected chi connectivity index (χ1v) is 7.36. The van der Waals surface area contributed by atoms with Crippen molar-refractivity contribution in [3.63, 3.8) is 0 Å². The lowest BCUT2D eigenvalue weighted by Crippen LogP contribution is -2.24. The number of methoxy groups -OCH3 is 1. The first kappa shape index (κ1) is 15.7. The highest BCUT2D eigenvalue weighted by Gasteiger charge is 2.15. The van der Waals surface area contributed by atoms with E-state index in [4.69, 9.17) is 16.3 Å². The van der Waals surface area contributed by atoms with Gasteiger partial charge in [-0.2, -0.15) is 0 Å². The molecule has 0 aliphatic carbocycles. The Balaban J connectivity index is 2.28. The summed E-state index contributed by atoms with van der Waals surface area (Å²) in [5, 5.41) is 4.24. The maximum absolute atomic E-state index is 6.14. The van der Waals surface area contributed by atoms with Crippen LogP contribution in [0.1, 0.15) is 29.8 Å². The molecule has 1 aromatic carbocycles. The predicted molar refractivity (Wildman–Crippen MR) is 84.9 cm³/mol. The minimum atomic E-state index is 0.160. The minimum absolute atomic E-state index is 0.160. The molecule has 0 fully saturated rings. The van der Waals surface area contributed by atoms with Gasteiger partial charge in [0.25, 0.3) is 0 Å². The van der Waals surface area contributed by atoms with Crippen molar-refractivity contribution in [2.24, 2.45) is 0 Å². The van der Waals surface area contributed by atoms with Crippen molar-refractivity contribution in [2.45, 2.75) is 26.3 Å². The van der Waals surface area contributed by atoms with Gasteiger partial charge < -0.3 is 10.1 Å². The number of benzene rings is 1. The fourth-order valence-electron chi connectivity index (χ4n) is 2.33. The SMILES string of the molecule is CCNC(Cc1cc(OC)ncn1)c1cc(Cl)ccc1C. The zero-order valence-electron chi connectivity index (χ0n) is 12.6. The molecule has 0 amide bonds. The molecule has 5 heteroatoms. The number of aryl methyl sites for hydroxylation is 1. The van der Waals surface area contributed by atoms with E-state index in [9.17, 15) is 0 Å². The van der Waals surface area contributed by atoms with E-state index in [1.165, 1.54) is 17.5 Å². The topological polar surface area (TPSA) is 47.0 Å². The lowest BCUT2D eigenvalue weighted by molar-refractivity contribution is 0.395. The summed E-state index contributed by atoms with van der Waals surface area (Å²) in [6.45, 7) is 5.06. The number of rotatable bonds is 6. The van der Waals surface area contributed by atoms with Crippen molar-refractivity contribution in [1.29, 1.82) is 0 Å². The van der Waals surface area contributed by atoms with Crippen LogP contribution in [0.5, 0.6) is 5.88 Å². The van der Waals surface area contributed by atoms with Crippen molar-refractivity contribution in [2.75, 3.05) is 13.7 Å². The molecule has 0 bridgehead atoms. The summed E-state index contributed by atoms with van der Waals surface area (Å²) < 4.78 is 5.15. The molecule has 112 valence electrons. The quantitative estimate of drug-likeness (QED) is 0.889. The van der Waals surface area contributed by atoms with Crippen LogP contribution in [0.15, 0.2) is 30.6 Å². The molecule has 0 radical (unpaired) electrons. The summed E-state index contributed by atoms with van der Waals surface area (Å²) in [5.74, 6) is 0.582. The normalized spacial score (nSPS) is 12.2. The van der Waals surface area contributed by atoms with Crippen molar-refractivity contribution in [3.8, 4) is 5.88 Å². The Morgan fingerprint density at radius 1 is 1.29 bits per heavy atom. The van der Waals surface area contributed by atoms with E-state index in [-0.39, 0.29) is 6.04 Å². The average molecular weight is 306 g/mol. The second kappa shape index (κ2) is 7.38. The molecule has 0 spiro atoms. The summed E-state index contributed by atoms with van der Waals surface area (Å²) in [7, 11) is 1.61. The maximum atomic E-state index is 6.14. The Kier molecular flexibility index (Phi) is 5.53. The van der Waals surface area contributed by atoms with Gasteiger partial charge in [-0.05, 0) is 36.7 Å². The molecule has 4 nitrogen and oxygen atoms in total. The molecule has 1 heterocycles. The van der Waals surface area contributed by atoms with Crippen LogP contribution in [0.2, 0.25) is 5.02 Å². The van der Waals surface area contributed by atoms with Gasteiger partial charge in [-0.15, -0.1) is 0 Å². The van der Waals surface area contributed by atoms with E-state index in [0.717, 1.165) is 23.7 Å². The van der Waals surface area contributed by atoms with Crippen molar-refractivity contribution < 1.29 is 4.74 Å². The van der Waals surface area contributed by atoms with Gasteiger partial charge in [-0.25, -0.2) is 9.97 Å². The Labute approximate surface area is 130 Å². The van der Waals surface area contributed by atoms with Gasteiger partial charge in [-0.1, -0.05) is 24.6 Å². The second-order valence-corrected chi connectivity index (χ2v) is 5.30. The van der Waals surface area contributed by atoms with Gasteiger partial charge in [-0.3, -0.25) is 0 Å². The Morgan fingerprint density at radius 2 is 2.10 bits per heavy atom. The number of hydrogen-bond donors (Lipinski definition) is 1. The molecule has 1 unspecified atom stereocenters. The fraction of sp³-hybridized carbons (Fsp3) is 0.375. The maximum Gasteiger partial charge on any atom is 0.216 e. The highest BCUT2D eigenvalue weighted by molar-refractivity contribution is 6.30. The van der Waals surface area contributed by atoms with Gasteiger partial charge in [0.15, 0.2) is 0 Å². The summed E-state index contributed by atoms with van der Waals surface area (Å²) in [4.78, 5) is 8.36. The zero-order chi connectivity index (χ0) is 15.2. The minimum Gasteiger partial charge on any atom is -0.481 e. The van der Waals surface area contributed by atoms with E-state index >= 15 is 0 Å². The number of ether oxygens (including phenoxy) is 1. The Hall–Kier alpha value is -1.65. The number of nitrogens with zero attached hydrogens (tertiary/aromatic N) is 2. The molecule has 0 saturated carbocycles. The van der Waals surface area contributed by atoms with Gasteiger partial charge >= 0.3 is 0 Å². The largest absolute Gasteiger partial charge is 0.481 e. The summed E-state index contributed by atoms with van der Waals surface area (Å²) in [5.41, 5.74) is 3.35. The highest BCUT2D eigenvalue weighted by Crippen LogP contribution is 2.25. The average Bonchev–Trinajstić information content (AvgIpc) is 2.49. The molecule has 21 heavy (non-hydrogen) atoms. The third kappa shape index (κ3) is 4.16. The van der Waals surface area contributed by atoms with Crippen molar-refractivity contribution in [1.82, 2.24) is 15.3 Å². The molecule has 2 aromatic rings. The molecule has 1 atom stereocenters. The monoisotopic (exact) mass is 305 g/mol. The van der Waals surface area contributed by atoms with Crippen LogP contribution >= 0.6 is 11.6 Å². The lowest BCUT2D eigenvalue weighted by Gasteiger charge is -2.20. The number of aromatic nitrogens is 2. The predicted octanol–water partition coefficient (Wildman–Crippen LogP) is 3.34. The van der Waals surface area contributed by atoms with Gasteiger partial charge in [0.2, 0.25) is 5.88 Å². The van der Waals surface area contributed by atoms with Crippen LogP contribution in [0.3, 0.4) is 0 Å². The standard InChI is InChI=1S/C16H20ClN3O/c1-4-18-15(14-7-12(17)6-5-11(14)2)8-13-9-16(21-3)20-10-19-13/h5-7,9-10,15,18H,4,8H2,1-3H3. The second-order valence-electron chi connectivity index (χ2n) is 4.87. The summed E-state index contributed by atoms with van der Waals surface area (Å²) in [6.07, 6.45) is 2.29. The molecular weight excluding hydrogens is 286 g/mol. The number of hydrogen-bond acceptors (Lipinski definition) is 4.